The first-order chi connectivity index (χ1) is 0. The fourth-order valence-electron chi connectivity index (χ4n) is 0. The Kier molecular flexibility index (Phi) is 416. The van der Waals surface area contributed by atoms with Crippen LogP contribution in [0.4, 0.5) is 0 Å². The molecule has 0 aromatic carbocycles. The zero-order chi connectivity index (χ0) is 0. The molecule has 0 atom stereocenters. The summed E-state index contributed by atoms with van der Waals surface area (Å²) in [6, 6.07) is 0. The van der Waals surface area contributed by atoms with Crippen LogP contribution in [0.3, 0.4) is 0 Å². The summed E-state index contributed by atoms with van der Waals surface area (Å²) in [6.45, 7) is 0. The summed E-state index contributed by atoms with van der Waals surface area (Å²) < 4.78 is 0. The Morgan fingerprint density at radius 2 is 0.800 bits per heavy atom. The third-order valence-electron chi connectivity index (χ3n) is 0. The van der Waals surface area contributed by atoms with E-state index in [1.165, 1.54) is 0 Å². The van der Waals surface area contributed by atoms with E-state index in [2.05, 4.69) is 0 Å². The van der Waals surface area contributed by atoms with E-state index in [1.54, 1.807) is 0 Å². The normalized spacial score (nSPS) is 0. The predicted molar refractivity (Wildman–Crippen MR) is 1.37 cm³/mol. The van der Waals surface area contributed by atoms with E-state index in [4.69, 9.17) is 0 Å². The van der Waals surface area contributed by atoms with Gasteiger partial charge in [0.25, 0.3) is 0 Å². The van der Waals surface area contributed by atoms with Gasteiger partial charge < -0.3 is 11.0 Å². The number of hydrogen-bond acceptors (Lipinski definition) is 0. The minimum absolute atomic E-state index is 0. The van der Waals surface area contributed by atoms with Gasteiger partial charge in [0, 0.05) is 0 Å². The Hall–Kier alpha value is 2.14. The minimum atomic E-state index is 0. The standard InChI is InChI=1S/Ag.Au.Nb.2O/q+1;+3;+5;2*-2. The SMILES string of the molecule is [Ag+].[Au+3].[Nb+5].[O-2].[O-2]. The molecule has 0 unspecified atom stereocenters. The molecule has 0 heterocycles. The summed E-state index contributed by atoms with van der Waals surface area (Å²) in [5.74, 6) is 0. The topological polar surface area (TPSA) is 57.0 Å². The number of rotatable bonds is 0. The summed E-state index contributed by atoms with van der Waals surface area (Å²) in [6.07, 6.45) is 0. The molecule has 0 rings (SSSR count). The van der Waals surface area contributed by atoms with Gasteiger partial charge in [-0.15, -0.1) is 0 Å². The van der Waals surface area contributed by atoms with Crippen LogP contribution in [0.5, 0.6) is 0 Å². The molecule has 2 nitrogen and oxygen atoms in total. The van der Waals surface area contributed by atoms with E-state index >= 15 is 0 Å². The molecule has 0 bridgehead atoms. The van der Waals surface area contributed by atoms with Gasteiger partial charge in [-0.1, -0.05) is 0 Å². The average molecular weight is 430 g/mol. The van der Waals surface area contributed by atoms with Crippen molar-refractivity contribution in [2.24, 2.45) is 0 Å². The summed E-state index contributed by atoms with van der Waals surface area (Å²) in [4.78, 5) is 0. The van der Waals surface area contributed by atoms with Crippen molar-refractivity contribution >= 4 is 0 Å². The Morgan fingerprint density at radius 1 is 0.800 bits per heavy atom. The van der Waals surface area contributed by atoms with Crippen LogP contribution < -0.4 is 0 Å². The minimum Gasteiger partial charge on any atom is -2.00 e. The monoisotopic (exact) mass is 429 g/mol. The maximum Gasteiger partial charge on any atom is 5.00 e. The van der Waals surface area contributed by atoms with Crippen LogP contribution in [0.15, 0.2) is 0 Å². The van der Waals surface area contributed by atoms with E-state index in [1.807, 2.05) is 0 Å². The van der Waals surface area contributed by atoms with Gasteiger partial charge in [0.05, 0.1) is 0 Å². The van der Waals surface area contributed by atoms with Crippen molar-refractivity contribution in [3.63, 3.8) is 0 Å². The predicted octanol–water partition coefficient (Wildman–Crippen LogP) is -0.245. The van der Waals surface area contributed by atoms with Gasteiger partial charge in [-0.25, -0.2) is 0 Å². The van der Waals surface area contributed by atoms with Gasteiger partial charge in [0.1, 0.15) is 0 Å². The van der Waals surface area contributed by atoms with Crippen molar-refractivity contribution in [2.75, 3.05) is 0 Å². The van der Waals surface area contributed by atoms with Crippen molar-refractivity contribution in [3.05, 3.63) is 0 Å². The molecule has 34 valence electrons. The second-order valence-corrected chi connectivity index (χ2v) is 0. The van der Waals surface area contributed by atoms with Crippen molar-refractivity contribution in [1.82, 2.24) is 0 Å². The fraction of sp³-hybridized carbons (Fsp3) is 0. The average Bonchev–Trinajstić information content (AvgIpc) is 0. The van der Waals surface area contributed by atoms with Crippen LogP contribution in [-0.4, -0.2) is 0 Å². The molecule has 0 aliphatic carbocycles. The van der Waals surface area contributed by atoms with Crippen LogP contribution in [0, 0.1) is 0 Å². The van der Waals surface area contributed by atoms with E-state index in [0.717, 1.165) is 0 Å². The molecule has 5 heteroatoms. The van der Waals surface area contributed by atoms with Gasteiger partial charge in [0.15, 0.2) is 0 Å². The molecule has 0 aliphatic rings. The van der Waals surface area contributed by atoms with Crippen molar-refractivity contribution in [3.8, 4) is 0 Å². The van der Waals surface area contributed by atoms with Gasteiger partial charge in [0.2, 0.25) is 0 Å². The van der Waals surface area contributed by atoms with E-state index in [9.17, 15) is 0 Å². The molecule has 0 aliphatic heterocycles. The molecule has 0 aromatic rings. The fourth-order valence-corrected chi connectivity index (χ4v) is 0. The summed E-state index contributed by atoms with van der Waals surface area (Å²) in [7, 11) is 0. The van der Waals surface area contributed by atoms with Crippen LogP contribution in [0.1, 0.15) is 0 Å². The number of hydrogen-bond donors (Lipinski definition) is 0. The van der Waals surface area contributed by atoms with Crippen molar-refractivity contribution in [1.29, 1.82) is 0 Å². The van der Waals surface area contributed by atoms with E-state index < -0.39 is 0 Å². The van der Waals surface area contributed by atoms with Crippen LogP contribution in [0.2, 0.25) is 0 Å². The second kappa shape index (κ2) is 35.4. The molecule has 0 aromatic heterocycles. The first-order valence-corrected chi connectivity index (χ1v) is 0. The van der Waals surface area contributed by atoms with Gasteiger partial charge in [-0.05, 0) is 0 Å². The van der Waals surface area contributed by atoms with Crippen molar-refractivity contribution < 1.29 is 78.1 Å². The van der Waals surface area contributed by atoms with Crippen LogP contribution in [-0.2, 0) is 78.1 Å². The first kappa shape index (κ1) is 58.8. The Labute approximate surface area is 77.2 Å². The smallest absolute Gasteiger partial charge is 2.00 e. The molecule has 0 N–H and O–H groups in total. The maximum atomic E-state index is 0. The van der Waals surface area contributed by atoms with Gasteiger partial charge >= 0.3 is 67.1 Å². The molecule has 0 saturated heterocycles. The van der Waals surface area contributed by atoms with Gasteiger partial charge in [-0.3, -0.25) is 0 Å². The maximum absolute atomic E-state index is 0. The molecule has 0 fully saturated rings. The summed E-state index contributed by atoms with van der Waals surface area (Å²) in [5, 5.41) is 0. The zero-order valence-electron chi connectivity index (χ0n) is 1.87. The summed E-state index contributed by atoms with van der Waals surface area (Å²) >= 11 is 0. The quantitative estimate of drug-likeness (QED) is 0.477. The largest absolute Gasteiger partial charge is 5.00 e. The second-order valence-electron chi connectivity index (χ2n) is 0. The molecule has 0 saturated carbocycles. The molecule has 0 radical (unpaired) electrons. The van der Waals surface area contributed by atoms with E-state index in [0.29, 0.717) is 0 Å². The molecular weight excluding hydrogens is 430 g/mol. The van der Waals surface area contributed by atoms with E-state index in [-0.39, 0.29) is 78.1 Å². The molecule has 0 amide bonds. The molecule has 5 heavy (non-hydrogen) atoms. The molecular formula is AgAuNbO2+5. The van der Waals surface area contributed by atoms with Gasteiger partial charge in [-0.2, -0.15) is 0 Å². The van der Waals surface area contributed by atoms with Crippen molar-refractivity contribution in [2.45, 2.75) is 0 Å². The van der Waals surface area contributed by atoms with Crippen LogP contribution in [0.25, 0.3) is 0 Å². The first-order valence-electron chi connectivity index (χ1n) is 0. The third kappa shape index (κ3) is 23.0. The summed E-state index contributed by atoms with van der Waals surface area (Å²) in [5.41, 5.74) is 0. The zero-order valence-corrected chi connectivity index (χ0v) is 7.71. The Bertz CT molecular complexity index is 9.61. The third-order valence-corrected chi connectivity index (χ3v) is 0. The van der Waals surface area contributed by atoms with Crippen LogP contribution >= 0.6 is 0 Å². The molecule has 0 spiro atoms. The Morgan fingerprint density at radius 3 is 0.800 bits per heavy atom. The Balaban J connectivity index is 0.